The number of ether oxygens (including phenoxy) is 1. The molecule has 32 heavy (non-hydrogen) atoms. The second-order valence-corrected chi connectivity index (χ2v) is 9.41. The summed E-state index contributed by atoms with van der Waals surface area (Å²) < 4.78 is 7.25. The van der Waals surface area contributed by atoms with Gasteiger partial charge in [0.1, 0.15) is 0 Å². The normalized spacial score (nSPS) is 21.9. The minimum Gasteiger partial charge on any atom is -0.378 e. The monoisotopic (exact) mass is 439 g/mol. The van der Waals surface area contributed by atoms with E-state index in [1.54, 1.807) is 0 Å². The Morgan fingerprint density at radius 2 is 1.88 bits per heavy atom. The molecule has 1 unspecified atom stereocenters. The zero-order valence-corrected chi connectivity index (χ0v) is 19.2. The van der Waals surface area contributed by atoms with Gasteiger partial charge < -0.3 is 14.5 Å². The molecular weight excluding hydrogens is 406 g/mol. The van der Waals surface area contributed by atoms with Gasteiger partial charge in [-0.2, -0.15) is 5.10 Å². The first kappa shape index (κ1) is 21.4. The van der Waals surface area contributed by atoms with E-state index in [1.807, 2.05) is 22.4 Å². The number of hydrogen-bond acceptors (Lipinski definition) is 5. The second kappa shape index (κ2) is 8.81. The maximum absolute atomic E-state index is 12.9. The molecule has 1 aliphatic carbocycles. The van der Waals surface area contributed by atoms with Crippen molar-refractivity contribution < 1.29 is 14.3 Å². The van der Waals surface area contributed by atoms with Crippen molar-refractivity contribution in [2.45, 2.75) is 64.8 Å². The van der Waals surface area contributed by atoms with Crippen LogP contribution < -0.4 is 0 Å². The lowest BCUT2D eigenvalue weighted by molar-refractivity contribution is -0.139. The smallest absolute Gasteiger partial charge is 0.226 e. The third-order valence-corrected chi connectivity index (χ3v) is 7.47. The van der Waals surface area contributed by atoms with Crippen molar-refractivity contribution in [3.63, 3.8) is 0 Å². The third-order valence-electron chi connectivity index (χ3n) is 7.47. The zero-order chi connectivity index (χ0) is 22.2. The lowest BCUT2D eigenvalue weighted by Crippen LogP contribution is -2.40. The first-order valence-corrected chi connectivity index (χ1v) is 12.0. The molecule has 2 amide bonds. The topological polar surface area (TPSA) is 80.0 Å². The molecule has 0 aromatic carbocycles. The molecule has 2 aliphatic heterocycles. The number of amides is 2. The Labute approximate surface area is 188 Å². The average Bonchev–Trinajstić information content (AvgIpc) is 3.39. The van der Waals surface area contributed by atoms with Crippen LogP contribution in [0.3, 0.4) is 0 Å². The molecule has 8 nitrogen and oxygen atoms in total. The van der Waals surface area contributed by atoms with Gasteiger partial charge in [0.15, 0.2) is 5.65 Å². The van der Waals surface area contributed by atoms with Crippen molar-refractivity contribution in [3.05, 3.63) is 28.7 Å². The van der Waals surface area contributed by atoms with Crippen LogP contribution in [-0.2, 0) is 20.7 Å². The Hall–Kier alpha value is -2.48. The van der Waals surface area contributed by atoms with Crippen LogP contribution in [0.1, 0.15) is 67.2 Å². The molecule has 172 valence electrons. The number of aromatic nitrogens is 3. The molecular formula is C24H33N5O3. The largest absolute Gasteiger partial charge is 0.378 e. The van der Waals surface area contributed by atoms with Gasteiger partial charge in [-0.1, -0.05) is 6.42 Å². The minimum absolute atomic E-state index is 0.0517. The van der Waals surface area contributed by atoms with E-state index < -0.39 is 0 Å². The van der Waals surface area contributed by atoms with E-state index >= 15 is 0 Å². The van der Waals surface area contributed by atoms with Crippen molar-refractivity contribution in [1.29, 1.82) is 0 Å². The van der Waals surface area contributed by atoms with E-state index in [9.17, 15) is 9.59 Å². The predicted molar refractivity (Wildman–Crippen MR) is 119 cm³/mol. The van der Waals surface area contributed by atoms with Gasteiger partial charge in [0, 0.05) is 49.4 Å². The number of likely N-dealkylation sites (tertiary alicyclic amines) is 1. The van der Waals surface area contributed by atoms with Crippen molar-refractivity contribution in [1.82, 2.24) is 24.4 Å². The first-order chi connectivity index (χ1) is 15.5. The van der Waals surface area contributed by atoms with Gasteiger partial charge in [-0.05, 0) is 51.5 Å². The number of rotatable bonds is 5. The number of nitrogens with zero attached hydrogens (tertiary/aromatic N) is 5. The molecule has 1 saturated carbocycles. The van der Waals surface area contributed by atoms with Crippen LogP contribution in [0.5, 0.6) is 0 Å². The highest BCUT2D eigenvalue weighted by Crippen LogP contribution is 2.37. The molecule has 0 radical (unpaired) electrons. The van der Waals surface area contributed by atoms with Gasteiger partial charge in [0.25, 0.3) is 0 Å². The standard InChI is InChI=1S/C24H33N5O3/c1-16-19(8-9-23(30)27-11-13-32-14-12-27)17(2)29-22(25-16)15-20(26-29)21-7-4-10-28(21)24(31)18-5-3-6-18/h15,18,21H,3-14H2,1-2H3. The summed E-state index contributed by atoms with van der Waals surface area (Å²) in [5.41, 5.74) is 4.82. The quantitative estimate of drug-likeness (QED) is 0.716. The summed E-state index contributed by atoms with van der Waals surface area (Å²) in [6.45, 7) is 7.48. The Morgan fingerprint density at radius 3 is 2.59 bits per heavy atom. The SMILES string of the molecule is Cc1nc2cc(C3CCCN3C(=O)C3CCC3)nn2c(C)c1CCC(=O)N1CCOCC1. The first-order valence-electron chi connectivity index (χ1n) is 12.0. The number of hydrogen-bond donors (Lipinski definition) is 0. The molecule has 4 heterocycles. The van der Waals surface area contributed by atoms with Crippen LogP contribution in [0, 0.1) is 19.8 Å². The van der Waals surface area contributed by atoms with Gasteiger partial charge in [-0.3, -0.25) is 9.59 Å². The number of morpholine rings is 1. The molecule has 3 fully saturated rings. The summed E-state index contributed by atoms with van der Waals surface area (Å²) in [5.74, 6) is 0.689. The van der Waals surface area contributed by atoms with Crippen molar-refractivity contribution in [2.75, 3.05) is 32.8 Å². The van der Waals surface area contributed by atoms with Crippen LogP contribution in [0.25, 0.3) is 5.65 Å². The molecule has 0 spiro atoms. The highest BCUT2D eigenvalue weighted by Gasteiger charge is 2.37. The fourth-order valence-corrected chi connectivity index (χ4v) is 5.30. The van der Waals surface area contributed by atoms with Gasteiger partial charge >= 0.3 is 0 Å². The van der Waals surface area contributed by atoms with E-state index in [0.29, 0.717) is 45.1 Å². The van der Waals surface area contributed by atoms with E-state index in [0.717, 1.165) is 60.5 Å². The molecule has 5 rings (SSSR count). The second-order valence-electron chi connectivity index (χ2n) is 9.41. The van der Waals surface area contributed by atoms with Gasteiger partial charge in [-0.25, -0.2) is 9.50 Å². The Bertz CT molecular complexity index is 1020. The van der Waals surface area contributed by atoms with Gasteiger partial charge in [0.05, 0.1) is 24.9 Å². The lowest BCUT2D eigenvalue weighted by atomic mass is 9.84. The number of carbonyl (C=O) groups excluding carboxylic acids is 2. The Balaban J connectivity index is 1.35. The van der Waals surface area contributed by atoms with Crippen LogP contribution in [-0.4, -0.2) is 69.1 Å². The van der Waals surface area contributed by atoms with Crippen molar-refractivity contribution >= 4 is 17.5 Å². The summed E-state index contributed by atoms with van der Waals surface area (Å²) >= 11 is 0. The Kier molecular flexibility index (Phi) is 5.88. The third kappa shape index (κ3) is 3.89. The zero-order valence-electron chi connectivity index (χ0n) is 19.2. The summed E-state index contributed by atoms with van der Waals surface area (Å²) in [4.78, 5) is 34.3. The number of aryl methyl sites for hydroxylation is 2. The average molecular weight is 440 g/mol. The van der Waals surface area contributed by atoms with E-state index in [-0.39, 0.29) is 17.9 Å². The summed E-state index contributed by atoms with van der Waals surface area (Å²) in [6.07, 6.45) is 6.33. The molecule has 1 atom stereocenters. The fourth-order valence-electron chi connectivity index (χ4n) is 5.30. The molecule has 0 bridgehead atoms. The van der Waals surface area contributed by atoms with Crippen molar-refractivity contribution in [3.8, 4) is 0 Å². The predicted octanol–water partition coefficient (Wildman–Crippen LogP) is 2.60. The van der Waals surface area contributed by atoms with Crippen LogP contribution in [0.2, 0.25) is 0 Å². The lowest BCUT2D eigenvalue weighted by Gasteiger charge is -2.32. The van der Waals surface area contributed by atoms with Crippen LogP contribution >= 0.6 is 0 Å². The van der Waals surface area contributed by atoms with E-state index in [1.165, 1.54) is 6.42 Å². The molecule has 8 heteroatoms. The van der Waals surface area contributed by atoms with E-state index in [4.69, 9.17) is 14.8 Å². The highest BCUT2D eigenvalue weighted by atomic mass is 16.5. The fraction of sp³-hybridized carbons (Fsp3) is 0.667. The molecule has 2 aromatic rings. The molecule has 3 aliphatic rings. The number of carbonyl (C=O) groups is 2. The highest BCUT2D eigenvalue weighted by molar-refractivity contribution is 5.80. The molecule has 2 saturated heterocycles. The van der Waals surface area contributed by atoms with Crippen LogP contribution in [0.15, 0.2) is 6.07 Å². The van der Waals surface area contributed by atoms with Crippen molar-refractivity contribution in [2.24, 2.45) is 5.92 Å². The summed E-state index contributed by atoms with van der Waals surface area (Å²) in [5, 5.41) is 4.90. The maximum Gasteiger partial charge on any atom is 0.226 e. The molecule has 0 N–H and O–H groups in total. The molecule has 2 aromatic heterocycles. The summed E-state index contributed by atoms with van der Waals surface area (Å²) in [6, 6.07) is 2.09. The maximum atomic E-state index is 12.9. The summed E-state index contributed by atoms with van der Waals surface area (Å²) in [7, 11) is 0. The van der Waals surface area contributed by atoms with E-state index in [2.05, 4.69) is 11.8 Å². The van der Waals surface area contributed by atoms with Crippen LogP contribution in [0.4, 0.5) is 0 Å². The minimum atomic E-state index is 0.0517. The number of fused-ring (bicyclic) bond motifs is 1. The van der Waals surface area contributed by atoms with Gasteiger partial charge in [-0.15, -0.1) is 0 Å². The van der Waals surface area contributed by atoms with Gasteiger partial charge in [0.2, 0.25) is 11.8 Å². The Morgan fingerprint density at radius 1 is 1.09 bits per heavy atom.